The molecule has 1 aliphatic rings. The maximum atomic E-state index is 13.3. The van der Waals surface area contributed by atoms with Crippen LogP contribution in [0, 0.1) is 0 Å². The van der Waals surface area contributed by atoms with Crippen LogP contribution in [0.25, 0.3) is 0 Å². The standard InChI is InChI=1S/C13H14BrF2NO2.ClH/c14-10-2-3-11(12(18)19)9(6-10)7-17-5-1-4-13(15,16)8-17;/h2-3,6H,1,4-5,7-8H2,(H,18,19);1H. The molecule has 0 unspecified atom stereocenters. The minimum atomic E-state index is -2.67. The van der Waals surface area contributed by atoms with E-state index < -0.39 is 11.9 Å². The lowest BCUT2D eigenvalue weighted by molar-refractivity contribution is -0.0661. The molecule has 0 spiro atoms. The van der Waals surface area contributed by atoms with Crippen LogP contribution in [0.3, 0.4) is 0 Å². The molecular weight excluding hydrogens is 356 g/mol. The summed E-state index contributed by atoms with van der Waals surface area (Å²) in [5.74, 6) is -3.71. The number of benzene rings is 1. The van der Waals surface area contributed by atoms with Crippen molar-refractivity contribution < 1.29 is 18.7 Å². The summed E-state index contributed by atoms with van der Waals surface area (Å²) in [6.45, 7) is 0.496. The van der Waals surface area contributed by atoms with Gasteiger partial charge in [0.25, 0.3) is 5.92 Å². The van der Waals surface area contributed by atoms with E-state index in [-0.39, 0.29) is 37.5 Å². The molecule has 0 bridgehead atoms. The van der Waals surface area contributed by atoms with E-state index in [0.29, 0.717) is 18.5 Å². The summed E-state index contributed by atoms with van der Waals surface area (Å²) in [5.41, 5.74) is 0.719. The second-order valence-corrected chi connectivity index (χ2v) is 5.69. The van der Waals surface area contributed by atoms with Crippen LogP contribution in [0.2, 0.25) is 0 Å². The summed E-state index contributed by atoms with van der Waals surface area (Å²) in [7, 11) is 0. The van der Waals surface area contributed by atoms with Gasteiger partial charge in [0, 0.05) is 17.4 Å². The fourth-order valence-corrected chi connectivity index (χ4v) is 2.73. The van der Waals surface area contributed by atoms with Gasteiger partial charge in [0.15, 0.2) is 0 Å². The number of hydrogen-bond acceptors (Lipinski definition) is 2. The van der Waals surface area contributed by atoms with Gasteiger partial charge in [-0.05, 0) is 36.7 Å². The fraction of sp³-hybridized carbons (Fsp3) is 0.462. The van der Waals surface area contributed by atoms with E-state index in [2.05, 4.69) is 15.9 Å². The molecule has 0 aromatic heterocycles. The summed E-state index contributed by atoms with van der Waals surface area (Å²) < 4.78 is 27.4. The predicted molar refractivity (Wildman–Crippen MR) is 77.8 cm³/mol. The molecule has 1 N–H and O–H groups in total. The molecule has 1 heterocycles. The van der Waals surface area contributed by atoms with Crippen molar-refractivity contribution in [1.29, 1.82) is 0 Å². The number of likely N-dealkylation sites (tertiary alicyclic amines) is 1. The molecule has 0 saturated carbocycles. The SMILES string of the molecule is Cl.O=C(O)c1ccc(Br)cc1CN1CCCC(F)(F)C1. The van der Waals surface area contributed by atoms with E-state index >= 15 is 0 Å². The molecule has 0 amide bonds. The van der Waals surface area contributed by atoms with Gasteiger partial charge in [-0.15, -0.1) is 12.4 Å². The number of carboxylic acids is 1. The van der Waals surface area contributed by atoms with Gasteiger partial charge < -0.3 is 5.11 Å². The smallest absolute Gasteiger partial charge is 0.336 e. The highest BCUT2D eigenvalue weighted by Gasteiger charge is 2.35. The van der Waals surface area contributed by atoms with Crippen LogP contribution in [-0.2, 0) is 6.54 Å². The summed E-state index contributed by atoms with van der Waals surface area (Å²) in [6, 6.07) is 4.80. The lowest BCUT2D eigenvalue weighted by Gasteiger charge is -2.32. The van der Waals surface area contributed by atoms with Gasteiger partial charge in [0.05, 0.1) is 12.1 Å². The van der Waals surface area contributed by atoms with Gasteiger partial charge in [-0.1, -0.05) is 15.9 Å². The molecule has 1 saturated heterocycles. The lowest BCUT2D eigenvalue weighted by atomic mass is 10.0. The first-order valence-electron chi connectivity index (χ1n) is 5.99. The molecule has 112 valence electrons. The second kappa shape index (κ2) is 6.83. The largest absolute Gasteiger partial charge is 0.478 e. The quantitative estimate of drug-likeness (QED) is 0.880. The number of alkyl halides is 2. The van der Waals surface area contributed by atoms with Crippen molar-refractivity contribution in [3.05, 3.63) is 33.8 Å². The molecule has 1 aromatic carbocycles. The van der Waals surface area contributed by atoms with Crippen LogP contribution in [0.5, 0.6) is 0 Å². The zero-order chi connectivity index (χ0) is 14.0. The third kappa shape index (κ3) is 4.40. The summed E-state index contributed by atoms with van der Waals surface area (Å²) in [5, 5.41) is 9.11. The van der Waals surface area contributed by atoms with Gasteiger partial charge in [-0.2, -0.15) is 0 Å². The van der Waals surface area contributed by atoms with E-state index in [1.807, 2.05) is 0 Å². The Morgan fingerprint density at radius 1 is 1.45 bits per heavy atom. The number of hydrogen-bond donors (Lipinski definition) is 1. The molecule has 7 heteroatoms. The van der Waals surface area contributed by atoms with Gasteiger partial charge in [-0.25, -0.2) is 13.6 Å². The van der Waals surface area contributed by atoms with Crippen LogP contribution in [0.15, 0.2) is 22.7 Å². The molecule has 1 aromatic rings. The number of aromatic carboxylic acids is 1. The molecule has 0 atom stereocenters. The number of rotatable bonds is 3. The Morgan fingerprint density at radius 3 is 2.75 bits per heavy atom. The zero-order valence-corrected chi connectivity index (χ0v) is 13.0. The minimum Gasteiger partial charge on any atom is -0.478 e. The Morgan fingerprint density at radius 2 is 2.15 bits per heavy atom. The Labute approximate surface area is 130 Å². The van der Waals surface area contributed by atoms with Crippen molar-refractivity contribution in [2.24, 2.45) is 0 Å². The number of carboxylic acid groups (broad SMARTS) is 1. The topological polar surface area (TPSA) is 40.5 Å². The molecule has 1 aliphatic heterocycles. The molecule has 20 heavy (non-hydrogen) atoms. The third-order valence-electron chi connectivity index (χ3n) is 3.16. The lowest BCUT2D eigenvalue weighted by Crippen LogP contribution is -2.42. The monoisotopic (exact) mass is 369 g/mol. The van der Waals surface area contributed by atoms with E-state index in [1.54, 1.807) is 17.0 Å². The second-order valence-electron chi connectivity index (χ2n) is 4.78. The van der Waals surface area contributed by atoms with Crippen LogP contribution in [0.4, 0.5) is 8.78 Å². The number of piperidine rings is 1. The predicted octanol–water partition coefficient (Wildman–Crippen LogP) is 3.80. The summed E-state index contributed by atoms with van der Waals surface area (Å²) in [4.78, 5) is 12.7. The highest BCUT2D eigenvalue weighted by atomic mass is 79.9. The molecule has 0 aliphatic carbocycles. The van der Waals surface area contributed by atoms with Gasteiger partial charge in [-0.3, -0.25) is 4.90 Å². The average Bonchev–Trinajstić information content (AvgIpc) is 2.27. The maximum Gasteiger partial charge on any atom is 0.336 e. The Bertz CT molecular complexity index is 499. The fourth-order valence-electron chi connectivity index (χ4n) is 2.32. The zero-order valence-electron chi connectivity index (χ0n) is 10.6. The highest BCUT2D eigenvalue weighted by Crippen LogP contribution is 2.28. The highest BCUT2D eigenvalue weighted by molar-refractivity contribution is 9.10. The Balaban J connectivity index is 0.00000200. The molecular formula is C13H15BrClF2NO2. The normalized spacial score (nSPS) is 18.4. The maximum absolute atomic E-state index is 13.3. The van der Waals surface area contributed by atoms with Crippen LogP contribution in [0.1, 0.15) is 28.8 Å². The first-order chi connectivity index (χ1) is 8.87. The van der Waals surface area contributed by atoms with Gasteiger partial charge in [0.1, 0.15) is 0 Å². The number of halogens is 4. The van der Waals surface area contributed by atoms with E-state index in [1.165, 1.54) is 6.07 Å². The summed E-state index contributed by atoms with van der Waals surface area (Å²) >= 11 is 3.27. The Hall–Kier alpha value is -0.720. The molecule has 0 radical (unpaired) electrons. The molecule has 1 fully saturated rings. The molecule has 3 nitrogen and oxygen atoms in total. The van der Waals surface area contributed by atoms with Crippen molar-refractivity contribution in [1.82, 2.24) is 4.90 Å². The van der Waals surface area contributed by atoms with Crippen molar-refractivity contribution >= 4 is 34.3 Å². The molecule has 2 rings (SSSR count). The van der Waals surface area contributed by atoms with Crippen LogP contribution >= 0.6 is 28.3 Å². The van der Waals surface area contributed by atoms with Crippen LogP contribution < -0.4 is 0 Å². The van der Waals surface area contributed by atoms with E-state index in [9.17, 15) is 13.6 Å². The van der Waals surface area contributed by atoms with Crippen molar-refractivity contribution in [3.63, 3.8) is 0 Å². The van der Waals surface area contributed by atoms with Gasteiger partial charge >= 0.3 is 5.97 Å². The third-order valence-corrected chi connectivity index (χ3v) is 3.66. The Kier molecular flexibility index (Phi) is 5.91. The van der Waals surface area contributed by atoms with Crippen molar-refractivity contribution in [2.75, 3.05) is 13.1 Å². The average molecular weight is 371 g/mol. The number of nitrogens with zero attached hydrogens (tertiary/aromatic N) is 1. The summed E-state index contributed by atoms with van der Waals surface area (Å²) in [6.07, 6.45) is 0.344. The van der Waals surface area contributed by atoms with Crippen molar-refractivity contribution in [3.8, 4) is 0 Å². The van der Waals surface area contributed by atoms with Crippen molar-refractivity contribution in [2.45, 2.75) is 25.3 Å². The first kappa shape index (κ1) is 17.3. The number of carbonyl (C=O) groups is 1. The minimum absolute atomic E-state index is 0. The van der Waals surface area contributed by atoms with Gasteiger partial charge in [0.2, 0.25) is 0 Å². The van der Waals surface area contributed by atoms with E-state index in [4.69, 9.17) is 5.11 Å². The first-order valence-corrected chi connectivity index (χ1v) is 6.79. The van der Waals surface area contributed by atoms with E-state index in [0.717, 1.165) is 4.47 Å². The van der Waals surface area contributed by atoms with Crippen LogP contribution in [-0.4, -0.2) is 35.0 Å².